The number of hydrogen-bond acceptors (Lipinski definition) is 4. The summed E-state index contributed by atoms with van der Waals surface area (Å²) < 4.78 is 68.5. The van der Waals surface area contributed by atoms with E-state index in [0.29, 0.717) is 30.5 Å². The molecule has 1 saturated heterocycles. The van der Waals surface area contributed by atoms with E-state index in [2.05, 4.69) is 10.0 Å². The molecule has 3 N–H and O–H groups in total. The molecule has 6 nitrogen and oxygen atoms in total. The van der Waals surface area contributed by atoms with Gasteiger partial charge in [-0.05, 0) is 67.1 Å². The number of carboxylic acid groups (broad SMARTS) is 1. The van der Waals surface area contributed by atoms with Crippen molar-refractivity contribution in [1.29, 1.82) is 0 Å². The Balaban J connectivity index is 0.00000363. The Labute approximate surface area is 190 Å². The van der Waals surface area contributed by atoms with Crippen molar-refractivity contribution in [2.75, 3.05) is 17.8 Å². The summed E-state index contributed by atoms with van der Waals surface area (Å²) in [6.07, 6.45) is -2.81. The van der Waals surface area contributed by atoms with E-state index in [1.54, 1.807) is 6.92 Å². The van der Waals surface area contributed by atoms with Crippen molar-refractivity contribution in [3.8, 4) is 0 Å². The molecular formula is C21H24ClF3N2O4S. The average molecular weight is 493 g/mol. The number of rotatable bonds is 6. The predicted octanol–water partition coefficient (Wildman–Crippen LogP) is 4.66. The topological polar surface area (TPSA) is 95.5 Å². The molecule has 0 amide bonds. The highest BCUT2D eigenvalue weighted by molar-refractivity contribution is 7.92. The van der Waals surface area contributed by atoms with Crippen molar-refractivity contribution in [2.24, 2.45) is 0 Å². The number of anilines is 1. The summed E-state index contributed by atoms with van der Waals surface area (Å²) in [4.78, 5) is 11.0. The van der Waals surface area contributed by atoms with Crippen molar-refractivity contribution in [3.05, 3.63) is 58.7 Å². The van der Waals surface area contributed by atoms with Gasteiger partial charge in [-0.15, -0.1) is 12.4 Å². The second-order valence-corrected chi connectivity index (χ2v) is 9.08. The van der Waals surface area contributed by atoms with E-state index in [1.165, 1.54) is 18.2 Å². The van der Waals surface area contributed by atoms with Gasteiger partial charge in [0.1, 0.15) is 0 Å². The Morgan fingerprint density at radius 2 is 1.94 bits per heavy atom. The van der Waals surface area contributed by atoms with Crippen LogP contribution in [-0.4, -0.2) is 32.6 Å². The minimum Gasteiger partial charge on any atom is -0.478 e. The highest BCUT2D eigenvalue weighted by Gasteiger charge is 2.33. The molecule has 0 spiro atoms. The lowest BCUT2D eigenvalue weighted by Crippen LogP contribution is -2.29. The Morgan fingerprint density at radius 1 is 1.22 bits per heavy atom. The second kappa shape index (κ2) is 10.1. The van der Waals surface area contributed by atoms with Crippen LogP contribution in [0.25, 0.3) is 0 Å². The third-order valence-electron chi connectivity index (χ3n) is 5.35. The summed E-state index contributed by atoms with van der Waals surface area (Å²) in [6.45, 7) is 3.02. The zero-order valence-electron chi connectivity index (χ0n) is 17.2. The summed E-state index contributed by atoms with van der Waals surface area (Å²) in [5, 5.41) is 12.4. The van der Waals surface area contributed by atoms with Gasteiger partial charge in [-0.3, -0.25) is 4.72 Å². The van der Waals surface area contributed by atoms with Crippen molar-refractivity contribution in [2.45, 2.75) is 43.2 Å². The molecule has 2 aromatic carbocycles. The Morgan fingerprint density at radius 3 is 2.50 bits per heavy atom. The van der Waals surface area contributed by atoms with Crippen LogP contribution in [0.1, 0.15) is 52.7 Å². The van der Waals surface area contributed by atoms with E-state index in [9.17, 15) is 31.5 Å². The van der Waals surface area contributed by atoms with Gasteiger partial charge in [-0.1, -0.05) is 19.1 Å². The molecule has 0 radical (unpaired) electrons. The fraction of sp³-hybridized carbons (Fsp3) is 0.381. The zero-order chi connectivity index (χ0) is 22.8. The molecule has 1 aliphatic heterocycles. The maximum atomic E-state index is 13.3. The van der Waals surface area contributed by atoms with Crippen molar-refractivity contribution >= 4 is 34.1 Å². The van der Waals surface area contributed by atoms with Crippen LogP contribution in [0.5, 0.6) is 0 Å². The zero-order valence-corrected chi connectivity index (χ0v) is 18.8. The minimum atomic E-state index is -4.64. The molecular weight excluding hydrogens is 469 g/mol. The maximum absolute atomic E-state index is 13.3. The fourth-order valence-corrected chi connectivity index (χ4v) is 5.14. The number of alkyl halides is 3. The summed E-state index contributed by atoms with van der Waals surface area (Å²) >= 11 is 0. The smallest absolute Gasteiger partial charge is 0.416 e. The number of hydrogen-bond donors (Lipinski definition) is 3. The van der Waals surface area contributed by atoms with Crippen molar-refractivity contribution < 1.29 is 31.5 Å². The van der Waals surface area contributed by atoms with Crippen LogP contribution in [0.4, 0.5) is 18.9 Å². The Bertz CT molecular complexity index is 1080. The Hall–Kier alpha value is -2.30. The molecule has 3 rings (SSSR count). The number of sulfonamides is 1. The molecule has 0 bridgehead atoms. The highest BCUT2D eigenvalue weighted by Crippen LogP contribution is 2.37. The SMILES string of the molecule is CCc1ccc(C(=O)O)cc1S(=O)(=O)Nc1cc(C(F)(F)F)ccc1C1CCCNC1.Cl. The van der Waals surface area contributed by atoms with Gasteiger partial charge in [0.25, 0.3) is 10.0 Å². The van der Waals surface area contributed by atoms with Gasteiger partial charge in [0.15, 0.2) is 0 Å². The number of piperidine rings is 1. The summed E-state index contributed by atoms with van der Waals surface area (Å²) in [5.41, 5.74) is -0.501. The minimum absolute atomic E-state index is 0. The number of halogens is 4. The molecule has 1 fully saturated rings. The van der Waals surface area contributed by atoms with Crippen LogP contribution in [0.3, 0.4) is 0 Å². The first-order chi connectivity index (χ1) is 14.5. The monoisotopic (exact) mass is 492 g/mol. The quantitative estimate of drug-likeness (QED) is 0.545. The number of benzene rings is 2. The molecule has 0 saturated carbocycles. The Kier molecular flexibility index (Phi) is 8.19. The van der Waals surface area contributed by atoms with Gasteiger partial charge in [0, 0.05) is 6.54 Å². The van der Waals surface area contributed by atoms with Crippen LogP contribution >= 0.6 is 12.4 Å². The van der Waals surface area contributed by atoms with Crippen molar-refractivity contribution in [3.63, 3.8) is 0 Å². The van der Waals surface area contributed by atoms with Crippen LogP contribution in [0, 0.1) is 0 Å². The first-order valence-corrected chi connectivity index (χ1v) is 11.3. The lowest BCUT2D eigenvalue weighted by atomic mass is 9.90. The summed E-state index contributed by atoms with van der Waals surface area (Å²) in [5.74, 6) is -1.45. The normalized spacial score (nSPS) is 16.8. The molecule has 2 aromatic rings. The van der Waals surface area contributed by atoms with Crippen LogP contribution < -0.4 is 10.0 Å². The number of nitrogens with one attached hydrogen (secondary N) is 2. The van der Waals surface area contributed by atoms with Crippen LogP contribution in [0.2, 0.25) is 0 Å². The van der Waals surface area contributed by atoms with Gasteiger partial charge in [0.2, 0.25) is 0 Å². The van der Waals surface area contributed by atoms with Gasteiger partial charge >= 0.3 is 12.1 Å². The first kappa shape index (κ1) is 26.0. The summed E-state index contributed by atoms with van der Waals surface area (Å²) in [7, 11) is -4.34. The molecule has 0 aliphatic carbocycles. The third kappa shape index (κ3) is 5.73. The number of aromatic carboxylic acids is 1. The molecule has 32 heavy (non-hydrogen) atoms. The second-order valence-electron chi connectivity index (χ2n) is 7.43. The molecule has 1 atom stereocenters. The first-order valence-electron chi connectivity index (χ1n) is 9.84. The third-order valence-corrected chi connectivity index (χ3v) is 6.79. The van der Waals surface area contributed by atoms with Gasteiger partial charge in [0.05, 0.1) is 21.7 Å². The molecule has 1 heterocycles. The molecule has 176 valence electrons. The lowest BCUT2D eigenvalue weighted by molar-refractivity contribution is -0.137. The number of aryl methyl sites for hydroxylation is 1. The van der Waals surface area contributed by atoms with E-state index >= 15 is 0 Å². The number of carbonyl (C=O) groups is 1. The van der Waals surface area contributed by atoms with Crippen molar-refractivity contribution in [1.82, 2.24) is 5.32 Å². The van der Waals surface area contributed by atoms with E-state index in [4.69, 9.17) is 0 Å². The fourth-order valence-electron chi connectivity index (χ4n) is 3.72. The van der Waals surface area contributed by atoms with Gasteiger partial charge in [-0.2, -0.15) is 13.2 Å². The average Bonchev–Trinajstić information content (AvgIpc) is 2.73. The molecule has 1 aliphatic rings. The van der Waals surface area contributed by atoms with E-state index in [0.717, 1.165) is 31.2 Å². The highest BCUT2D eigenvalue weighted by atomic mass is 35.5. The summed E-state index contributed by atoms with van der Waals surface area (Å²) in [6, 6.07) is 6.78. The van der Waals surface area contributed by atoms with E-state index < -0.39 is 27.7 Å². The molecule has 1 unspecified atom stereocenters. The van der Waals surface area contributed by atoms with Gasteiger partial charge < -0.3 is 10.4 Å². The van der Waals surface area contributed by atoms with Crippen LogP contribution in [-0.2, 0) is 22.6 Å². The van der Waals surface area contributed by atoms with Crippen LogP contribution in [0.15, 0.2) is 41.3 Å². The van der Waals surface area contributed by atoms with E-state index in [1.807, 2.05) is 0 Å². The largest absolute Gasteiger partial charge is 0.478 e. The standard InChI is InChI=1S/C21H23F3N2O4S.ClH/c1-2-13-5-6-14(20(27)28)10-19(13)31(29,30)26-18-11-16(21(22,23)24)7-8-17(18)15-4-3-9-25-12-15;/h5-8,10-11,15,25-26H,2-4,9,12H2,1H3,(H,27,28);1H. The number of carboxylic acids is 1. The molecule has 0 aromatic heterocycles. The molecule has 11 heteroatoms. The predicted molar refractivity (Wildman–Crippen MR) is 117 cm³/mol. The van der Waals surface area contributed by atoms with Gasteiger partial charge in [-0.25, -0.2) is 13.2 Å². The maximum Gasteiger partial charge on any atom is 0.416 e. The lowest BCUT2D eigenvalue weighted by Gasteiger charge is -2.26. The van der Waals surface area contributed by atoms with E-state index in [-0.39, 0.29) is 34.5 Å².